The molecule has 0 heterocycles. The second-order valence-electron chi connectivity index (χ2n) is 0.428. The summed E-state index contributed by atoms with van der Waals surface area (Å²) in [5, 5.41) is 0. The van der Waals surface area contributed by atoms with Crippen molar-refractivity contribution in [2.75, 3.05) is 0 Å². The molecular formula is C2H7NaO4S. The average molecular weight is 150 g/mol. The molecule has 0 aliphatic heterocycles. The zero-order valence-corrected chi connectivity index (χ0v) is 7.90. The maximum absolute atomic E-state index is 8.63. The van der Waals surface area contributed by atoms with Crippen LogP contribution in [-0.4, -0.2) is 17.5 Å². The van der Waals surface area contributed by atoms with E-state index in [0.29, 0.717) is 0 Å². The Morgan fingerprint density at radius 3 is 1.38 bits per heavy atom. The van der Waals surface area contributed by atoms with Crippen molar-refractivity contribution in [3.63, 3.8) is 0 Å². The molecular weight excluding hydrogens is 143 g/mol. The maximum Gasteiger partial charge on any atom is 1.00 e. The fourth-order valence-corrected chi connectivity index (χ4v) is 0. The molecule has 0 saturated heterocycles. The largest absolute Gasteiger partial charge is 1.00 e. The van der Waals surface area contributed by atoms with Crippen LogP contribution >= 0.6 is 0 Å². The summed E-state index contributed by atoms with van der Waals surface area (Å²) in [7, 11) is -4.92. The minimum absolute atomic E-state index is 0. The van der Waals surface area contributed by atoms with Gasteiger partial charge in [0.2, 0.25) is 10.4 Å². The van der Waals surface area contributed by atoms with Gasteiger partial charge in [0.15, 0.2) is 0 Å². The Kier molecular flexibility index (Phi) is 15.7. The Labute approximate surface area is 71.2 Å². The van der Waals surface area contributed by atoms with Gasteiger partial charge in [-0.2, -0.15) is 0 Å². The normalized spacial score (nSPS) is 8.00. The van der Waals surface area contributed by atoms with E-state index in [0.717, 1.165) is 0 Å². The SMILES string of the molecule is CC.O=S(=O)([O-])O.[Na+]. The van der Waals surface area contributed by atoms with Gasteiger partial charge in [-0.25, -0.2) is 8.42 Å². The molecule has 46 valence electrons. The molecule has 0 aromatic carbocycles. The summed E-state index contributed by atoms with van der Waals surface area (Å²) in [5.74, 6) is 0. The molecule has 0 aliphatic rings. The molecule has 1 N–H and O–H groups in total. The molecule has 0 amide bonds. The Bertz CT molecular complexity index is 97.2. The maximum atomic E-state index is 8.63. The minimum Gasteiger partial charge on any atom is -0.726 e. The first-order valence-corrected chi connectivity index (χ1v) is 3.05. The fraction of sp³-hybridized carbons (Fsp3) is 1.00. The van der Waals surface area contributed by atoms with Gasteiger partial charge < -0.3 is 4.55 Å². The number of hydrogen-bond acceptors (Lipinski definition) is 3. The summed E-state index contributed by atoms with van der Waals surface area (Å²) in [6.07, 6.45) is 0. The van der Waals surface area contributed by atoms with Crippen molar-refractivity contribution in [3.05, 3.63) is 0 Å². The molecule has 6 heteroatoms. The van der Waals surface area contributed by atoms with Gasteiger partial charge in [-0.15, -0.1) is 0 Å². The van der Waals surface area contributed by atoms with Crippen molar-refractivity contribution in [3.8, 4) is 0 Å². The van der Waals surface area contributed by atoms with Crippen LogP contribution in [0.15, 0.2) is 0 Å². The van der Waals surface area contributed by atoms with Crippen LogP contribution < -0.4 is 29.6 Å². The van der Waals surface area contributed by atoms with Crippen LogP contribution in [0.5, 0.6) is 0 Å². The van der Waals surface area contributed by atoms with Gasteiger partial charge in [0.05, 0.1) is 0 Å². The minimum atomic E-state index is -4.92. The van der Waals surface area contributed by atoms with Crippen molar-refractivity contribution in [2.45, 2.75) is 13.8 Å². The van der Waals surface area contributed by atoms with Gasteiger partial charge in [-0.1, -0.05) is 13.8 Å². The van der Waals surface area contributed by atoms with E-state index in [9.17, 15) is 0 Å². The van der Waals surface area contributed by atoms with Crippen molar-refractivity contribution in [1.82, 2.24) is 0 Å². The predicted octanol–water partition coefficient (Wildman–Crippen LogP) is -2.97. The van der Waals surface area contributed by atoms with E-state index in [1.54, 1.807) is 0 Å². The summed E-state index contributed by atoms with van der Waals surface area (Å²) < 4.78 is 32.8. The summed E-state index contributed by atoms with van der Waals surface area (Å²) in [6.45, 7) is 4.00. The van der Waals surface area contributed by atoms with Crippen LogP contribution in [0.4, 0.5) is 0 Å². The molecule has 0 rings (SSSR count). The first-order valence-electron chi connectivity index (χ1n) is 1.68. The monoisotopic (exact) mass is 150 g/mol. The van der Waals surface area contributed by atoms with Gasteiger partial charge in [-0.3, -0.25) is 4.55 Å². The molecule has 0 bridgehead atoms. The molecule has 0 atom stereocenters. The predicted molar refractivity (Wildman–Crippen MR) is 23.7 cm³/mol. The van der Waals surface area contributed by atoms with Gasteiger partial charge in [0.1, 0.15) is 0 Å². The Hall–Kier alpha value is 0.870. The molecule has 0 saturated carbocycles. The third kappa shape index (κ3) is 313. The van der Waals surface area contributed by atoms with E-state index in [1.165, 1.54) is 0 Å². The van der Waals surface area contributed by atoms with E-state index < -0.39 is 10.4 Å². The summed E-state index contributed by atoms with van der Waals surface area (Å²) >= 11 is 0. The molecule has 0 aromatic rings. The molecule has 8 heavy (non-hydrogen) atoms. The van der Waals surface area contributed by atoms with Crippen LogP contribution in [0.25, 0.3) is 0 Å². The van der Waals surface area contributed by atoms with Crippen molar-refractivity contribution in [2.24, 2.45) is 0 Å². The summed E-state index contributed by atoms with van der Waals surface area (Å²) in [6, 6.07) is 0. The number of rotatable bonds is 0. The van der Waals surface area contributed by atoms with Crippen LogP contribution in [0.1, 0.15) is 13.8 Å². The second-order valence-corrected chi connectivity index (χ2v) is 1.28. The van der Waals surface area contributed by atoms with E-state index in [2.05, 4.69) is 0 Å². The molecule has 0 spiro atoms. The first-order chi connectivity index (χ1) is 3.00. The molecule has 0 aromatic heterocycles. The van der Waals surface area contributed by atoms with Crippen LogP contribution in [0, 0.1) is 0 Å². The molecule has 4 nitrogen and oxygen atoms in total. The van der Waals surface area contributed by atoms with E-state index in [-0.39, 0.29) is 29.6 Å². The molecule has 0 radical (unpaired) electrons. The van der Waals surface area contributed by atoms with Gasteiger partial charge >= 0.3 is 29.6 Å². The van der Waals surface area contributed by atoms with Crippen LogP contribution in [-0.2, 0) is 10.4 Å². The summed E-state index contributed by atoms with van der Waals surface area (Å²) in [4.78, 5) is 0. The standard InChI is InChI=1S/C2H6.Na.H2O4S/c1-2;;1-5(2,3)4/h1-2H3;;(H2,1,2,3,4)/q;+1;/p-1. The van der Waals surface area contributed by atoms with E-state index in [1.807, 2.05) is 13.8 Å². The van der Waals surface area contributed by atoms with E-state index >= 15 is 0 Å². The van der Waals surface area contributed by atoms with E-state index in [4.69, 9.17) is 17.5 Å². The van der Waals surface area contributed by atoms with Gasteiger partial charge in [0, 0.05) is 0 Å². The third-order valence-corrected chi connectivity index (χ3v) is 0. The number of hydrogen-bond donors (Lipinski definition) is 1. The molecule has 0 unspecified atom stereocenters. The Balaban J connectivity index is -0.0000000750. The fourth-order valence-electron chi connectivity index (χ4n) is 0. The zero-order chi connectivity index (χ0) is 6.50. The van der Waals surface area contributed by atoms with Crippen molar-refractivity contribution >= 4 is 10.4 Å². The molecule has 0 aliphatic carbocycles. The van der Waals surface area contributed by atoms with Crippen molar-refractivity contribution in [1.29, 1.82) is 0 Å². The first kappa shape index (κ1) is 15.9. The van der Waals surface area contributed by atoms with Gasteiger partial charge in [-0.05, 0) is 0 Å². The van der Waals surface area contributed by atoms with Crippen molar-refractivity contribution < 1.29 is 47.1 Å². The third-order valence-electron chi connectivity index (χ3n) is 0. The van der Waals surface area contributed by atoms with Crippen LogP contribution in [0.2, 0.25) is 0 Å². The van der Waals surface area contributed by atoms with Gasteiger partial charge in [0.25, 0.3) is 0 Å². The zero-order valence-electron chi connectivity index (χ0n) is 5.08. The second kappa shape index (κ2) is 7.87. The quantitative estimate of drug-likeness (QED) is 0.227. The van der Waals surface area contributed by atoms with Crippen LogP contribution in [0.3, 0.4) is 0 Å². The topological polar surface area (TPSA) is 77.4 Å². The Morgan fingerprint density at radius 2 is 1.38 bits per heavy atom. The Morgan fingerprint density at radius 1 is 1.38 bits per heavy atom. The average Bonchev–Trinajstić information content (AvgIpc) is 1.36. The smallest absolute Gasteiger partial charge is 0.726 e. The molecule has 0 fully saturated rings. The summed E-state index contributed by atoms with van der Waals surface area (Å²) in [5.41, 5.74) is 0.